The maximum atomic E-state index is 11.6. The highest BCUT2D eigenvalue weighted by Gasteiger charge is 2.09. The van der Waals surface area contributed by atoms with Crippen molar-refractivity contribution in [3.8, 4) is 0 Å². The minimum absolute atomic E-state index is 0.151. The van der Waals surface area contributed by atoms with Gasteiger partial charge in [-0.2, -0.15) is 0 Å². The van der Waals surface area contributed by atoms with Gasteiger partial charge in [0.05, 0.1) is 10.6 Å². The molecule has 0 aliphatic carbocycles. The van der Waals surface area contributed by atoms with Gasteiger partial charge in [0.2, 0.25) is 0 Å². The number of alkyl halides is 1. The van der Waals surface area contributed by atoms with E-state index in [9.17, 15) is 4.79 Å². The number of amides is 1. The molecule has 2 nitrogen and oxygen atoms in total. The van der Waals surface area contributed by atoms with Crippen LogP contribution in [0.25, 0.3) is 0 Å². The number of benzene rings is 1. The molecule has 0 aliphatic rings. The number of nitrogens with one attached hydrogen (secondary N) is 1. The smallest absolute Gasteiger partial charge is 0.252 e. The maximum absolute atomic E-state index is 11.6. The molecular weight excluding hydrogens is 348 g/mol. The summed E-state index contributed by atoms with van der Waals surface area (Å²) in [6.45, 7) is 0.667. The van der Waals surface area contributed by atoms with E-state index in [-0.39, 0.29) is 5.91 Å². The lowest BCUT2D eigenvalue weighted by Crippen LogP contribution is -2.24. The number of carbonyl (C=O) groups excluding carboxylic acids is 1. The topological polar surface area (TPSA) is 29.1 Å². The highest BCUT2D eigenvalue weighted by atomic mass is 127. The molecule has 0 saturated heterocycles. The molecule has 15 heavy (non-hydrogen) atoms. The molecular formula is C10H10Cl2INO. The summed E-state index contributed by atoms with van der Waals surface area (Å²) in [5.41, 5.74) is 0.467. The number of hydrogen-bond donors (Lipinski definition) is 1. The first-order valence-corrected chi connectivity index (χ1v) is 6.72. The predicted molar refractivity (Wildman–Crippen MR) is 72.3 cm³/mol. The SMILES string of the molecule is O=C(NCCCI)c1ccc(Cl)cc1Cl. The second kappa shape index (κ2) is 6.55. The summed E-state index contributed by atoms with van der Waals surface area (Å²) < 4.78 is 1.02. The van der Waals surface area contributed by atoms with E-state index in [2.05, 4.69) is 27.9 Å². The summed E-state index contributed by atoms with van der Waals surface area (Å²) in [7, 11) is 0. The van der Waals surface area contributed by atoms with E-state index in [0.717, 1.165) is 10.8 Å². The molecule has 0 fully saturated rings. The molecule has 0 spiro atoms. The zero-order valence-electron chi connectivity index (χ0n) is 7.90. The van der Waals surface area contributed by atoms with Crippen LogP contribution < -0.4 is 5.32 Å². The van der Waals surface area contributed by atoms with Crippen molar-refractivity contribution in [2.45, 2.75) is 6.42 Å². The summed E-state index contributed by atoms with van der Waals surface area (Å²) in [6, 6.07) is 4.85. The van der Waals surface area contributed by atoms with Crippen LogP contribution in [-0.4, -0.2) is 16.9 Å². The van der Waals surface area contributed by atoms with E-state index in [1.54, 1.807) is 18.2 Å². The Hall–Kier alpha value is -0.000000000000000111. The van der Waals surface area contributed by atoms with Gasteiger partial charge in [0.25, 0.3) is 5.91 Å². The largest absolute Gasteiger partial charge is 0.352 e. The Labute approximate surface area is 112 Å². The third kappa shape index (κ3) is 4.17. The van der Waals surface area contributed by atoms with Gasteiger partial charge in [-0.25, -0.2) is 0 Å². The number of rotatable bonds is 4. The summed E-state index contributed by atoms with van der Waals surface area (Å²) >= 11 is 13.9. The van der Waals surface area contributed by atoms with Crippen molar-refractivity contribution in [3.63, 3.8) is 0 Å². The van der Waals surface area contributed by atoms with Gasteiger partial charge >= 0.3 is 0 Å². The van der Waals surface area contributed by atoms with Crippen molar-refractivity contribution in [3.05, 3.63) is 33.8 Å². The summed E-state index contributed by atoms with van der Waals surface area (Å²) in [5.74, 6) is -0.151. The second-order valence-electron chi connectivity index (χ2n) is 2.92. The van der Waals surface area contributed by atoms with Gasteiger partial charge < -0.3 is 5.32 Å². The highest BCUT2D eigenvalue weighted by molar-refractivity contribution is 14.1. The van der Waals surface area contributed by atoms with E-state index in [1.807, 2.05) is 0 Å². The lowest BCUT2D eigenvalue weighted by molar-refractivity contribution is 0.0954. The Bertz CT molecular complexity index is 357. The summed E-state index contributed by atoms with van der Waals surface area (Å²) in [6.07, 6.45) is 0.956. The Kier molecular flexibility index (Phi) is 5.71. The van der Waals surface area contributed by atoms with Crippen LogP contribution in [0.3, 0.4) is 0 Å². The van der Waals surface area contributed by atoms with Gasteiger partial charge in [-0.1, -0.05) is 45.8 Å². The molecule has 0 aliphatic heterocycles. The monoisotopic (exact) mass is 357 g/mol. The molecule has 0 atom stereocenters. The van der Waals surface area contributed by atoms with E-state index in [4.69, 9.17) is 23.2 Å². The molecule has 0 heterocycles. The summed E-state index contributed by atoms with van der Waals surface area (Å²) in [4.78, 5) is 11.6. The zero-order chi connectivity index (χ0) is 11.3. The van der Waals surface area contributed by atoms with Crippen molar-refractivity contribution < 1.29 is 4.79 Å². The molecule has 1 aromatic carbocycles. The molecule has 0 radical (unpaired) electrons. The first-order chi connectivity index (χ1) is 7.15. The van der Waals surface area contributed by atoms with Gasteiger partial charge in [-0.15, -0.1) is 0 Å². The molecule has 1 amide bonds. The first-order valence-electron chi connectivity index (χ1n) is 4.44. The Balaban J connectivity index is 2.65. The average Bonchev–Trinajstić information content (AvgIpc) is 2.17. The molecule has 0 aromatic heterocycles. The molecule has 5 heteroatoms. The lowest BCUT2D eigenvalue weighted by atomic mass is 10.2. The van der Waals surface area contributed by atoms with Crippen molar-refractivity contribution in [2.24, 2.45) is 0 Å². The average molecular weight is 358 g/mol. The van der Waals surface area contributed by atoms with Crippen LogP contribution in [0.4, 0.5) is 0 Å². The first kappa shape index (κ1) is 13.1. The summed E-state index contributed by atoms with van der Waals surface area (Å²) in [5, 5.41) is 3.70. The molecule has 0 saturated carbocycles. The van der Waals surface area contributed by atoms with Crippen molar-refractivity contribution in [1.29, 1.82) is 0 Å². The van der Waals surface area contributed by atoms with Crippen molar-refractivity contribution >= 4 is 51.7 Å². The van der Waals surface area contributed by atoms with E-state index in [1.165, 1.54) is 0 Å². The van der Waals surface area contributed by atoms with Crippen LogP contribution in [-0.2, 0) is 0 Å². The van der Waals surface area contributed by atoms with E-state index in [0.29, 0.717) is 22.2 Å². The normalized spacial score (nSPS) is 10.1. The predicted octanol–water partition coefficient (Wildman–Crippen LogP) is 3.55. The van der Waals surface area contributed by atoms with Crippen LogP contribution in [0, 0.1) is 0 Å². The Morgan fingerprint density at radius 2 is 2.13 bits per heavy atom. The third-order valence-electron chi connectivity index (χ3n) is 1.77. The van der Waals surface area contributed by atoms with Crippen molar-refractivity contribution in [2.75, 3.05) is 11.0 Å². The molecule has 1 N–H and O–H groups in total. The van der Waals surface area contributed by atoms with Crippen LogP contribution >= 0.6 is 45.8 Å². The molecule has 0 unspecified atom stereocenters. The van der Waals surface area contributed by atoms with Gasteiger partial charge in [-0.3, -0.25) is 4.79 Å². The zero-order valence-corrected chi connectivity index (χ0v) is 11.6. The number of hydrogen-bond acceptors (Lipinski definition) is 1. The standard InChI is InChI=1S/C10H10Cl2INO/c11-7-2-3-8(9(12)6-7)10(15)14-5-1-4-13/h2-3,6H,1,4-5H2,(H,14,15). The van der Waals surface area contributed by atoms with Crippen LogP contribution in [0.15, 0.2) is 18.2 Å². The van der Waals surface area contributed by atoms with Crippen LogP contribution in [0.5, 0.6) is 0 Å². The highest BCUT2D eigenvalue weighted by Crippen LogP contribution is 2.20. The fourth-order valence-electron chi connectivity index (χ4n) is 1.04. The van der Waals surface area contributed by atoms with Crippen LogP contribution in [0.1, 0.15) is 16.8 Å². The van der Waals surface area contributed by atoms with Crippen molar-refractivity contribution in [1.82, 2.24) is 5.32 Å². The minimum Gasteiger partial charge on any atom is -0.352 e. The quantitative estimate of drug-likeness (QED) is 0.498. The Morgan fingerprint density at radius 1 is 1.40 bits per heavy atom. The lowest BCUT2D eigenvalue weighted by Gasteiger charge is -2.05. The molecule has 1 aromatic rings. The number of carbonyl (C=O) groups is 1. The van der Waals surface area contributed by atoms with E-state index < -0.39 is 0 Å². The third-order valence-corrected chi connectivity index (χ3v) is 3.08. The van der Waals surface area contributed by atoms with E-state index >= 15 is 0 Å². The molecule has 0 bridgehead atoms. The Morgan fingerprint density at radius 3 is 2.73 bits per heavy atom. The maximum Gasteiger partial charge on any atom is 0.252 e. The van der Waals surface area contributed by atoms with Gasteiger partial charge in [-0.05, 0) is 24.6 Å². The second-order valence-corrected chi connectivity index (χ2v) is 4.84. The fourth-order valence-corrected chi connectivity index (χ4v) is 1.91. The minimum atomic E-state index is -0.151. The van der Waals surface area contributed by atoms with Crippen LogP contribution in [0.2, 0.25) is 10.0 Å². The molecule has 82 valence electrons. The number of halogens is 3. The molecule has 1 rings (SSSR count). The van der Waals surface area contributed by atoms with Gasteiger partial charge in [0.1, 0.15) is 0 Å². The van der Waals surface area contributed by atoms with Gasteiger partial charge in [0.15, 0.2) is 0 Å². The fraction of sp³-hybridized carbons (Fsp3) is 0.300. The van der Waals surface area contributed by atoms with Gasteiger partial charge in [0, 0.05) is 16.0 Å².